The van der Waals surface area contributed by atoms with Gasteiger partial charge in [-0.3, -0.25) is 0 Å². The molecule has 6 aliphatic carbocycles. The van der Waals surface area contributed by atoms with Crippen molar-refractivity contribution < 1.29 is 22.0 Å². The fourth-order valence-corrected chi connectivity index (χ4v) is 19.4. The van der Waals surface area contributed by atoms with Gasteiger partial charge in [0.15, 0.2) is 0 Å². The summed E-state index contributed by atoms with van der Waals surface area (Å²) in [5, 5.41) is 0. The number of hydrogen-bond acceptors (Lipinski definition) is 0. The molecule has 0 aliphatic heterocycles. The van der Waals surface area contributed by atoms with Crippen LogP contribution in [0.3, 0.4) is 0 Å². The van der Waals surface area contributed by atoms with Crippen LogP contribution in [0.1, 0.15) is 193 Å². The van der Waals surface area contributed by atoms with E-state index in [4.69, 9.17) is 4.65 Å². The van der Waals surface area contributed by atoms with E-state index < -0.39 is 0 Å². The molecule has 6 rings (SSSR count). The normalized spacial score (nSPS) is 26.3. The summed E-state index contributed by atoms with van der Waals surface area (Å²) in [5.41, 5.74) is 7.14. The van der Waals surface area contributed by atoms with Gasteiger partial charge in [0.1, 0.15) is 0 Å². The van der Waals surface area contributed by atoms with Gasteiger partial charge in [0.25, 0.3) is 0 Å². The molecule has 42 heavy (non-hydrogen) atoms. The van der Waals surface area contributed by atoms with Crippen molar-refractivity contribution in [2.75, 3.05) is 0 Å². The van der Waals surface area contributed by atoms with Crippen LogP contribution in [0.4, 0.5) is 0 Å². The second-order valence-corrected chi connectivity index (χ2v) is 20.8. The van der Waals surface area contributed by atoms with Crippen molar-refractivity contribution in [2.45, 2.75) is 227 Å². The molecule has 245 valence electrons. The first kappa shape index (κ1) is 38.0. The third kappa shape index (κ3) is 12.6. The maximum atomic E-state index is 7.50. The van der Waals surface area contributed by atoms with Crippen LogP contribution in [0.5, 0.6) is 0 Å². The molecule has 0 unspecified atom stereocenters. The zero-order chi connectivity index (χ0) is 29.8. The van der Waals surface area contributed by atoms with E-state index in [9.17, 15) is 0 Å². The molecular formula is C37H66ClOP2Ru. The average Bonchev–Trinajstić information content (AvgIpc) is 3.10. The molecule has 6 saturated carbocycles. The van der Waals surface area contributed by atoms with Crippen LogP contribution < -0.4 is 0 Å². The zero-order valence-electron chi connectivity index (χ0n) is 27.2. The first-order valence-electron chi connectivity index (χ1n) is 18.8. The third-order valence-corrected chi connectivity index (χ3v) is 20.1. The Labute approximate surface area is 279 Å². The maximum absolute atomic E-state index is 7.50. The molecule has 0 amide bonds. The van der Waals surface area contributed by atoms with Gasteiger partial charge in [0.05, 0.1) is 0 Å². The molecule has 0 spiro atoms. The molecule has 6 fully saturated rings. The fourth-order valence-electron chi connectivity index (χ4n) is 10.1. The van der Waals surface area contributed by atoms with E-state index in [1.54, 1.807) is 154 Å². The minimum atomic E-state index is 0.385. The monoisotopic (exact) mass is 725 g/mol. The van der Waals surface area contributed by atoms with E-state index >= 15 is 0 Å². The summed E-state index contributed by atoms with van der Waals surface area (Å²) in [6.07, 6.45) is 47.2. The van der Waals surface area contributed by atoms with E-state index in [2.05, 4.69) is 16.3 Å². The van der Waals surface area contributed by atoms with Crippen LogP contribution in [-0.2, 0) is 22.0 Å². The molecule has 0 heterocycles. The summed E-state index contributed by atoms with van der Waals surface area (Å²) in [6.45, 7) is 4.50. The van der Waals surface area contributed by atoms with Crippen molar-refractivity contribution in [1.29, 1.82) is 0 Å². The van der Waals surface area contributed by atoms with Gasteiger partial charge < -0.3 is 0 Å². The summed E-state index contributed by atoms with van der Waals surface area (Å²) in [6, 6.07) is 0. The summed E-state index contributed by atoms with van der Waals surface area (Å²) >= 11 is 1.82. The van der Waals surface area contributed by atoms with Crippen molar-refractivity contribution in [2.24, 2.45) is 0 Å². The van der Waals surface area contributed by atoms with Gasteiger partial charge >= 0.3 is 38.3 Å². The molecular weight excluding hydrogens is 659 g/mol. The number of halogens is 1. The molecule has 0 bridgehead atoms. The Morgan fingerprint density at radius 1 is 0.310 bits per heavy atom. The second-order valence-electron chi connectivity index (χ2n) is 14.6. The molecule has 0 N–H and O–H groups in total. The molecule has 6 aliphatic rings. The minimum absolute atomic E-state index is 0.385. The zero-order valence-corrected chi connectivity index (χ0v) is 31.5. The Hall–Kier alpha value is 1.51. The molecule has 0 radical (unpaired) electrons. The summed E-state index contributed by atoms with van der Waals surface area (Å²) < 4.78 is 7.50. The number of rotatable bonds is 6. The van der Waals surface area contributed by atoms with Gasteiger partial charge in [-0.15, -0.1) is 0 Å². The van der Waals surface area contributed by atoms with E-state index in [1.165, 1.54) is 72.5 Å². The van der Waals surface area contributed by atoms with E-state index in [0.29, 0.717) is 15.8 Å². The summed E-state index contributed by atoms with van der Waals surface area (Å²) in [5.74, 6) is 0. The van der Waals surface area contributed by atoms with Crippen molar-refractivity contribution in [3.05, 3.63) is 6.65 Å². The van der Waals surface area contributed by atoms with Crippen LogP contribution >= 0.6 is 25.5 Å². The van der Waals surface area contributed by atoms with Gasteiger partial charge in [-0.25, -0.2) is 0 Å². The summed E-state index contributed by atoms with van der Waals surface area (Å²) in [4.78, 5) is 0. The van der Waals surface area contributed by atoms with Gasteiger partial charge in [-0.2, -0.15) is 0 Å². The predicted octanol–water partition coefficient (Wildman–Crippen LogP) is 13.6. The standard InChI is InChI=1S/2C18H33P.CO.ClH.Ru/c2*1-4-10-16(11-5-1)19(17-12-6-2-7-13-17)18-14-8-3-9-15-18;1-2;;/h2*16-18H,1-15H2;;1H;/q;;;;+1/p-1. The van der Waals surface area contributed by atoms with Gasteiger partial charge in [0, 0.05) is 0 Å². The van der Waals surface area contributed by atoms with E-state index in [-0.39, 0.29) is 0 Å². The van der Waals surface area contributed by atoms with Crippen molar-refractivity contribution in [3.8, 4) is 0 Å². The quantitative estimate of drug-likeness (QED) is 0.112. The molecule has 0 aromatic heterocycles. The Bertz CT molecular complexity index is 516. The molecule has 0 atom stereocenters. The van der Waals surface area contributed by atoms with Crippen LogP contribution in [0, 0.1) is 6.65 Å². The van der Waals surface area contributed by atoms with E-state index in [1.807, 2.05) is 17.3 Å². The predicted molar refractivity (Wildman–Crippen MR) is 185 cm³/mol. The van der Waals surface area contributed by atoms with Gasteiger partial charge in [-0.05, 0) is 111 Å². The van der Waals surface area contributed by atoms with Crippen molar-refractivity contribution >= 4 is 25.5 Å². The topological polar surface area (TPSA) is 19.9 Å². The Morgan fingerprint density at radius 2 is 0.429 bits per heavy atom. The third-order valence-electron chi connectivity index (χ3n) is 12.0. The Morgan fingerprint density at radius 3 is 0.548 bits per heavy atom. The molecule has 1 nitrogen and oxygen atoms in total. The SMILES string of the molecule is C1CCC(P(C2CCCCC2)C2CCCCC2)CC1.C1CCC(P(C2CCCCC2)C2CCCCC2)CC1.[C-]#[O+].[Cl][Ru]. The molecule has 0 saturated heterocycles. The van der Waals surface area contributed by atoms with E-state index in [0.717, 1.165) is 0 Å². The first-order valence-corrected chi connectivity index (χ1v) is 24.1. The first-order chi connectivity index (χ1) is 20.9. The van der Waals surface area contributed by atoms with Crippen LogP contribution in [0.2, 0.25) is 0 Å². The van der Waals surface area contributed by atoms with Crippen LogP contribution in [0.25, 0.3) is 0 Å². The van der Waals surface area contributed by atoms with Crippen LogP contribution in [0.15, 0.2) is 0 Å². The fraction of sp³-hybridized carbons (Fsp3) is 0.973. The van der Waals surface area contributed by atoms with Crippen molar-refractivity contribution in [3.63, 3.8) is 0 Å². The van der Waals surface area contributed by atoms with Crippen molar-refractivity contribution in [1.82, 2.24) is 0 Å². The average molecular weight is 725 g/mol. The molecule has 5 heteroatoms. The molecule has 0 aromatic rings. The summed E-state index contributed by atoms with van der Waals surface area (Å²) in [7, 11) is 5.34. The second kappa shape index (κ2) is 23.8. The number of hydrogen-bond donors (Lipinski definition) is 0. The Balaban J connectivity index is 0.000000206. The van der Waals surface area contributed by atoms with Gasteiger partial charge in [0.2, 0.25) is 0 Å². The van der Waals surface area contributed by atoms with Gasteiger partial charge in [-0.1, -0.05) is 131 Å². The molecule has 0 aromatic carbocycles. The van der Waals surface area contributed by atoms with Crippen LogP contribution in [-0.4, -0.2) is 34.0 Å². The Kier molecular flexibility index (Phi) is 21.5.